The van der Waals surface area contributed by atoms with Gasteiger partial charge in [-0.3, -0.25) is 4.79 Å². The van der Waals surface area contributed by atoms with Crippen LogP contribution in [0.2, 0.25) is 0 Å². The normalized spacial score (nSPS) is 11.9. The van der Waals surface area contributed by atoms with Crippen molar-refractivity contribution in [2.45, 2.75) is 11.9 Å². The molecule has 1 atom stereocenters. The Kier molecular flexibility index (Phi) is 5.11. The zero-order chi connectivity index (χ0) is 12.0. The number of ether oxygens (including phenoxy) is 2. The molecule has 0 bridgehead atoms. The molecule has 0 aliphatic heterocycles. The lowest BCUT2D eigenvalue weighted by molar-refractivity contribution is -0.143. The molecule has 0 aliphatic rings. The molecule has 0 amide bonds. The van der Waals surface area contributed by atoms with Crippen LogP contribution in [0.5, 0.6) is 5.75 Å². The van der Waals surface area contributed by atoms with E-state index in [1.165, 1.54) is 18.9 Å². The number of rotatable bonds is 5. The lowest BCUT2D eigenvalue weighted by Gasteiger charge is -2.08. The summed E-state index contributed by atoms with van der Waals surface area (Å²) >= 11 is 1.52. The monoisotopic (exact) mass is 241 g/mol. The van der Waals surface area contributed by atoms with Gasteiger partial charge in [-0.1, -0.05) is 6.92 Å². The highest BCUT2D eigenvalue weighted by molar-refractivity contribution is 7.99. The van der Waals surface area contributed by atoms with E-state index in [1.807, 2.05) is 19.1 Å². The standard InChI is InChI=1S/C11H15NO3S/c1-8(11(13)15-3)7-16-10-5-4-9(14-2)6-12-10/h4-6,8H,7H2,1-3H3. The van der Waals surface area contributed by atoms with Crippen LogP contribution in [0.4, 0.5) is 0 Å². The molecular formula is C11H15NO3S. The first-order chi connectivity index (χ1) is 7.67. The molecule has 16 heavy (non-hydrogen) atoms. The second-order valence-electron chi connectivity index (χ2n) is 3.27. The van der Waals surface area contributed by atoms with Gasteiger partial charge in [-0.2, -0.15) is 0 Å². The minimum absolute atomic E-state index is 0.126. The van der Waals surface area contributed by atoms with E-state index in [0.29, 0.717) is 5.75 Å². The Labute approximate surface area is 99.4 Å². The number of hydrogen-bond acceptors (Lipinski definition) is 5. The SMILES string of the molecule is COC(=O)C(C)CSc1ccc(OC)cn1. The Bertz CT molecular complexity index is 340. The molecule has 0 saturated heterocycles. The summed E-state index contributed by atoms with van der Waals surface area (Å²) in [6.07, 6.45) is 1.66. The zero-order valence-electron chi connectivity index (χ0n) is 9.60. The molecule has 1 aromatic heterocycles. The fourth-order valence-electron chi connectivity index (χ4n) is 1.05. The quantitative estimate of drug-likeness (QED) is 0.583. The van der Waals surface area contributed by atoms with Crippen LogP contribution >= 0.6 is 11.8 Å². The van der Waals surface area contributed by atoms with Gasteiger partial charge in [-0.15, -0.1) is 11.8 Å². The van der Waals surface area contributed by atoms with Crippen molar-refractivity contribution in [1.29, 1.82) is 0 Å². The van der Waals surface area contributed by atoms with Gasteiger partial charge in [0.15, 0.2) is 0 Å². The molecule has 0 radical (unpaired) electrons. The van der Waals surface area contributed by atoms with Gasteiger partial charge >= 0.3 is 5.97 Å². The Morgan fingerprint density at radius 3 is 2.75 bits per heavy atom. The summed E-state index contributed by atoms with van der Waals surface area (Å²) < 4.78 is 9.65. The fraction of sp³-hybridized carbons (Fsp3) is 0.455. The first-order valence-corrected chi connectivity index (χ1v) is 5.86. The summed E-state index contributed by atoms with van der Waals surface area (Å²) in [6, 6.07) is 3.71. The first kappa shape index (κ1) is 12.8. The minimum Gasteiger partial charge on any atom is -0.495 e. The molecular weight excluding hydrogens is 226 g/mol. The molecule has 1 rings (SSSR count). The van der Waals surface area contributed by atoms with Crippen LogP contribution in [0, 0.1) is 5.92 Å². The summed E-state index contributed by atoms with van der Waals surface area (Å²) in [5.74, 6) is 1.07. The average molecular weight is 241 g/mol. The molecule has 0 spiro atoms. The average Bonchev–Trinajstić information content (AvgIpc) is 2.35. The smallest absolute Gasteiger partial charge is 0.309 e. The molecule has 1 aromatic rings. The van der Waals surface area contributed by atoms with E-state index in [2.05, 4.69) is 9.72 Å². The van der Waals surface area contributed by atoms with Crippen LogP contribution in [-0.4, -0.2) is 30.9 Å². The Morgan fingerprint density at radius 1 is 1.50 bits per heavy atom. The van der Waals surface area contributed by atoms with Crippen molar-refractivity contribution in [3.05, 3.63) is 18.3 Å². The van der Waals surface area contributed by atoms with Gasteiger partial charge in [0, 0.05) is 5.75 Å². The van der Waals surface area contributed by atoms with Gasteiger partial charge in [0.2, 0.25) is 0 Å². The number of carbonyl (C=O) groups is 1. The van der Waals surface area contributed by atoms with Crippen LogP contribution in [0.15, 0.2) is 23.4 Å². The highest BCUT2D eigenvalue weighted by Crippen LogP contribution is 2.20. The van der Waals surface area contributed by atoms with Crippen molar-refractivity contribution in [1.82, 2.24) is 4.98 Å². The molecule has 0 N–H and O–H groups in total. The molecule has 0 saturated carbocycles. The fourth-order valence-corrected chi connectivity index (χ4v) is 1.90. The summed E-state index contributed by atoms with van der Waals surface area (Å²) in [5.41, 5.74) is 0. The molecule has 4 nitrogen and oxygen atoms in total. The second-order valence-corrected chi connectivity index (χ2v) is 4.31. The maximum absolute atomic E-state index is 11.2. The van der Waals surface area contributed by atoms with Crippen molar-refractivity contribution in [2.24, 2.45) is 5.92 Å². The third-order valence-electron chi connectivity index (χ3n) is 2.03. The van der Waals surface area contributed by atoms with E-state index < -0.39 is 0 Å². The van der Waals surface area contributed by atoms with Gasteiger partial charge in [0.05, 0.1) is 31.4 Å². The number of esters is 1. The summed E-state index contributed by atoms with van der Waals surface area (Å²) in [4.78, 5) is 15.3. The van der Waals surface area contributed by atoms with E-state index in [0.717, 1.165) is 10.8 Å². The highest BCUT2D eigenvalue weighted by Gasteiger charge is 2.13. The minimum atomic E-state index is -0.194. The summed E-state index contributed by atoms with van der Waals surface area (Å²) in [7, 11) is 3.00. The van der Waals surface area contributed by atoms with Gasteiger partial charge in [0.1, 0.15) is 5.75 Å². The Morgan fingerprint density at radius 2 is 2.25 bits per heavy atom. The summed E-state index contributed by atoms with van der Waals surface area (Å²) in [6.45, 7) is 1.84. The van der Waals surface area contributed by atoms with Crippen LogP contribution in [0.25, 0.3) is 0 Å². The van der Waals surface area contributed by atoms with E-state index in [-0.39, 0.29) is 11.9 Å². The third-order valence-corrected chi connectivity index (χ3v) is 3.23. The van der Waals surface area contributed by atoms with Gasteiger partial charge in [-0.05, 0) is 12.1 Å². The van der Waals surface area contributed by atoms with Crippen LogP contribution < -0.4 is 4.74 Å². The maximum Gasteiger partial charge on any atom is 0.309 e. The van der Waals surface area contributed by atoms with E-state index in [9.17, 15) is 4.79 Å². The van der Waals surface area contributed by atoms with Gasteiger partial charge in [0.25, 0.3) is 0 Å². The number of aromatic nitrogens is 1. The lowest BCUT2D eigenvalue weighted by atomic mass is 10.2. The molecule has 5 heteroatoms. The van der Waals surface area contributed by atoms with E-state index in [1.54, 1.807) is 13.3 Å². The van der Waals surface area contributed by atoms with Crippen molar-refractivity contribution >= 4 is 17.7 Å². The number of methoxy groups -OCH3 is 2. The second kappa shape index (κ2) is 6.37. The van der Waals surface area contributed by atoms with Crippen molar-refractivity contribution in [2.75, 3.05) is 20.0 Å². The third kappa shape index (κ3) is 3.73. The molecule has 1 unspecified atom stereocenters. The maximum atomic E-state index is 11.2. The van der Waals surface area contributed by atoms with Crippen molar-refractivity contribution in [3.8, 4) is 5.75 Å². The topological polar surface area (TPSA) is 48.4 Å². The predicted molar refractivity (Wildman–Crippen MR) is 62.7 cm³/mol. The number of pyridine rings is 1. The van der Waals surface area contributed by atoms with Crippen LogP contribution in [0.1, 0.15) is 6.92 Å². The first-order valence-electron chi connectivity index (χ1n) is 4.88. The van der Waals surface area contributed by atoms with Gasteiger partial charge in [-0.25, -0.2) is 4.98 Å². The molecule has 1 heterocycles. The van der Waals surface area contributed by atoms with E-state index in [4.69, 9.17) is 4.74 Å². The number of carbonyl (C=O) groups excluding carboxylic acids is 1. The number of nitrogens with zero attached hydrogens (tertiary/aromatic N) is 1. The molecule has 0 aliphatic carbocycles. The number of thioether (sulfide) groups is 1. The van der Waals surface area contributed by atoms with Crippen LogP contribution in [-0.2, 0) is 9.53 Å². The summed E-state index contributed by atoms with van der Waals surface area (Å²) in [5, 5.41) is 0.872. The highest BCUT2D eigenvalue weighted by atomic mass is 32.2. The largest absolute Gasteiger partial charge is 0.495 e. The van der Waals surface area contributed by atoms with Crippen molar-refractivity contribution < 1.29 is 14.3 Å². The Balaban J connectivity index is 2.45. The lowest BCUT2D eigenvalue weighted by Crippen LogP contribution is -2.14. The van der Waals surface area contributed by atoms with Gasteiger partial charge < -0.3 is 9.47 Å². The molecule has 0 fully saturated rings. The van der Waals surface area contributed by atoms with E-state index >= 15 is 0 Å². The molecule has 0 aromatic carbocycles. The number of hydrogen-bond donors (Lipinski definition) is 0. The Hall–Kier alpha value is -1.23. The predicted octanol–water partition coefficient (Wildman–Crippen LogP) is 1.99. The van der Waals surface area contributed by atoms with Crippen molar-refractivity contribution in [3.63, 3.8) is 0 Å². The molecule has 88 valence electrons. The zero-order valence-corrected chi connectivity index (χ0v) is 10.4. The van der Waals surface area contributed by atoms with Crippen LogP contribution in [0.3, 0.4) is 0 Å².